The molecule has 1 aliphatic rings. The minimum Gasteiger partial charge on any atom is -0.481 e. The van der Waals surface area contributed by atoms with Gasteiger partial charge in [0.1, 0.15) is 0 Å². The standard InChI is InChI=1S/C13H27N3O2/c1-14(2)7-8-16-11-9-15(10-12-16)6-4-3-5-13(17)18/h3-12H2,1-2H3,(H,17,18). The molecule has 0 saturated carbocycles. The Kier molecular flexibility index (Phi) is 7.23. The van der Waals surface area contributed by atoms with E-state index >= 15 is 0 Å². The molecule has 0 aromatic carbocycles. The molecule has 0 aromatic heterocycles. The summed E-state index contributed by atoms with van der Waals surface area (Å²) in [5.74, 6) is -0.677. The smallest absolute Gasteiger partial charge is 0.303 e. The fourth-order valence-corrected chi connectivity index (χ4v) is 2.19. The van der Waals surface area contributed by atoms with E-state index in [1.54, 1.807) is 0 Å². The Morgan fingerprint density at radius 1 is 1.06 bits per heavy atom. The normalized spacial score (nSPS) is 18.4. The monoisotopic (exact) mass is 257 g/mol. The van der Waals surface area contributed by atoms with Crippen LogP contribution in [0.2, 0.25) is 0 Å². The highest BCUT2D eigenvalue weighted by Gasteiger charge is 2.16. The van der Waals surface area contributed by atoms with Crippen LogP contribution in [0.1, 0.15) is 19.3 Å². The van der Waals surface area contributed by atoms with Crippen LogP contribution in [0.5, 0.6) is 0 Å². The van der Waals surface area contributed by atoms with Crippen molar-refractivity contribution in [2.75, 3.05) is 59.9 Å². The average molecular weight is 257 g/mol. The first-order valence-electron chi connectivity index (χ1n) is 6.89. The lowest BCUT2D eigenvalue weighted by atomic mass is 10.2. The van der Waals surface area contributed by atoms with Crippen molar-refractivity contribution in [1.82, 2.24) is 14.7 Å². The van der Waals surface area contributed by atoms with Crippen molar-refractivity contribution in [1.29, 1.82) is 0 Å². The van der Waals surface area contributed by atoms with E-state index in [1.807, 2.05) is 0 Å². The van der Waals surface area contributed by atoms with Gasteiger partial charge >= 0.3 is 5.97 Å². The van der Waals surface area contributed by atoms with Crippen molar-refractivity contribution >= 4 is 5.97 Å². The van der Waals surface area contributed by atoms with Gasteiger partial charge in [-0.2, -0.15) is 0 Å². The minimum atomic E-state index is -0.677. The van der Waals surface area contributed by atoms with Crippen LogP contribution in [0, 0.1) is 0 Å². The van der Waals surface area contributed by atoms with E-state index in [1.165, 1.54) is 0 Å². The van der Waals surface area contributed by atoms with Crippen LogP contribution in [0.4, 0.5) is 0 Å². The lowest BCUT2D eigenvalue weighted by molar-refractivity contribution is -0.137. The van der Waals surface area contributed by atoms with E-state index in [2.05, 4.69) is 28.8 Å². The number of hydrogen-bond acceptors (Lipinski definition) is 4. The predicted octanol–water partition coefficient (Wildman–Crippen LogP) is 0.421. The Bertz CT molecular complexity index is 238. The fraction of sp³-hybridized carbons (Fsp3) is 0.923. The third kappa shape index (κ3) is 6.93. The van der Waals surface area contributed by atoms with Crippen molar-refractivity contribution in [2.24, 2.45) is 0 Å². The number of rotatable bonds is 8. The quantitative estimate of drug-likeness (QED) is 0.639. The summed E-state index contributed by atoms with van der Waals surface area (Å²) < 4.78 is 0. The molecule has 0 aromatic rings. The molecule has 0 unspecified atom stereocenters. The maximum absolute atomic E-state index is 10.4. The molecular weight excluding hydrogens is 230 g/mol. The topological polar surface area (TPSA) is 47.0 Å². The van der Waals surface area contributed by atoms with Crippen LogP contribution in [0.25, 0.3) is 0 Å². The molecule has 1 rings (SSSR count). The molecule has 0 radical (unpaired) electrons. The number of piperazine rings is 1. The Hall–Kier alpha value is -0.650. The maximum Gasteiger partial charge on any atom is 0.303 e. The van der Waals surface area contributed by atoms with Crippen molar-refractivity contribution in [3.05, 3.63) is 0 Å². The van der Waals surface area contributed by atoms with Crippen LogP contribution in [0.15, 0.2) is 0 Å². The fourth-order valence-electron chi connectivity index (χ4n) is 2.19. The van der Waals surface area contributed by atoms with E-state index in [0.717, 1.165) is 58.7 Å². The lowest BCUT2D eigenvalue weighted by Crippen LogP contribution is -2.48. The van der Waals surface area contributed by atoms with Gasteiger partial charge in [0, 0.05) is 45.7 Å². The summed E-state index contributed by atoms with van der Waals surface area (Å²) >= 11 is 0. The van der Waals surface area contributed by atoms with Gasteiger partial charge in [-0.3, -0.25) is 9.69 Å². The molecule has 1 aliphatic heterocycles. The summed E-state index contributed by atoms with van der Waals surface area (Å²) in [6.07, 6.45) is 2.11. The van der Waals surface area contributed by atoms with Crippen LogP contribution < -0.4 is 0 Å². The molecule has 1 heterocycles. The first-order valence-corrected chi connectivity index (χ1v) is 6.89. The van der Waals surface area contributed by atoms with Gasteiger partial charge in [0.2, 0.25) is 0 Å². The van der Waals surface area contributed by atoms with Crippen LogP contribution in [0.3, 0.4) is 0 Å². The van der Waals surface area contributed by atoms with E-state index in [-0.39, 0.29) is 0 Å². The van der Waals surface area contributed by atoms with Gasteiger partial charge in [0.25, 0.3) is 0 Å². The van der Waals surface area contributed by atoms with Gasteiger partial charge in [-0.1, -0.05) is 0 Å². The average Bonchev–Trinajstić information content (AvgIpc) is 2.33. The number of unbranched alkanes of at least 4 members (excludes halogenated alkanes) is 1. The minimum absolute atomic E-state index is 0.308. The highest BCUT2D eigenvalue weighted by atomic mass is 16.4. The van der Waals surface area contributed by atoms with Gasteiger partial charge in [-0.15, -0.1) is 0 Å². The Morgan fingerprint density at radius 3 is 2.11 bits per heavy atom. The summed E-state index contributed by atoms with van der Waals surface area (Å²) in [5.41, 5.74) is 0. The Balaban J connectivity index is 2.03. The maximum atomic E-state index is 10.4. The third-order valence-corrected chi connectivity index (χ3v) is 3.44. The molecule has 106 valence electrons. The number of nitrogens with zero attached hydrogens (tertiary/aromatic N) is 3. The second kappa shape index (κ2) is 8.45. The zero-order chi connectivity index (χ0) is 13.4. The number of hydrogen-bond donors (Lipinski definition) is 1. The molecule has 0 bridgehead atoms. The third-order valence-electron chi connectivity index (χ3n) is 3.44. The molecule has 1 N–H and O–H groups in total. The van der Waals surface area contributed by atoms with Crippen molar-refractivity contribution in [3.63, 3.8) is 0 Å². The summed E-state index contributed by atoms with van der Waals surface area (Å²) in [7, 11) is 4.22. The zero-order valence-corrected chi connectivity index (χ0v) is 11.8. The first-order chi connectivity index (χ1) is 8.58. The number of carboxylic acids is 1. The molecule has 5 heteroatoms. The Morgan fingerprint density at radius 2 is 1.61 bits per heavy atom. The summed E-state index contributed by atoms with van der Waals surface area (Å²) in [6, 6.07) is 0. The molecule has 1 saturated heterocycles. The van der Waals surface area contributed by atoms with E-state index < -0.39 is 5.97 Å². The number of carboxylic acid groups (broad SMARTS) is 1. The van der Waals surface area contributed by atoms with E-state index in [4.69, 9.17) is 5.11 Å². The Labute approximate surface area is 110 Å². The second-order valence-electron chi connectivity index (χ2n) is 5.34. The highest BCUT2D eigenvalue weighted by molar-refractivity contribution is 5.66. The van der Waals surface area contributed by atoms with Crippen LogP contribution >= 0.6 is 0 Å². The molecule has 0 spiro atoms. The van der Waals surface area contributed by atoms with Crippen molar-refractivity contribution in [3.8, 4) is 0 Å². The molecule has 5 nitrogen and oxygen atoms in total. The molecule has 0 aliphatic carbocycles. The number of aliphatic carboxylic acids is 1. The van der Waals surface area contributed by atoms with Gasteiger partial charge in [-0.25, -0.2) is 0 Å². The molecule has 0 amide bonds. The summed E-state index contributed by atoms with van der Waals surface area (Å²) in [4.78, 5) is 17.6. The van der Waals surface area contributed by atoms with Gasteiger partial charge in [-0.05, 0) is 33.5 Å². The molecule has 18 heavy (non-hydrogen) atoms. The van der Waals surface area contributed by atoms with Crippen LogP contribution in [-0.2, 0) is 4.79 Å². The zero-order valence-electron chi connectivity index (χ0n) is 11.8. The number of likely N-dealkylation sites (N-methyl/N-ethyl adjacent to an activating group) is 1. The second-order valence-corrected chi connectivity index (χ2v) is 5.34. The molecule has 0 atom stereocenters. The van der Waals surface area contributed by atoms with Crippen molar-refractivity contribution in [2.45, 2.75) is 19.3 Å². The molecule has 1 fully saturated rings. The van der Waals surface area contributed by atoms with Gasteiger partial charge < -0.3 is 14.9 Å². The molecular formula is C13H27N3O2. The lowest BCUT2D eigenvalue weighted by Gasteiger charge is -2.35. The summed E-state index contributed by atoms with van der Waals surface area (Å²) in [6.45, 7) is 7.87. The van der Waals surface area contributed by atoms with E-state index in [9.17, 15) is 4.79 Å². The first kappa shape index (κ1) is 15.4. The summed E-state index contributed by atoms with van der Waals surface area (Å²) in [5, 5.41) is 8.56. The van der Waals surface area contributed by atoms with E-state index in [0.29, 0.717) is 6.42 Å². The predicted molar refractivity (Wildman–Crippen MR) is 72.9 cm³/mol. The number of carbonyl (C=O) groups is 1. The largest absolute Gasteiger partial charge is 0.481 e. The van der Waals surface area contributed by atoms with Crippen LogP contribution in [-0.4, -0.2) is 85.7 Å². The SMILES string of the molecule is CN(C)CCN1CCN(CCCCC(=O)O)CC1. The van der Waals surface area contributed by atoms with Gasteiger partial charge in [0.15, 0.2) is 0 Å². The van der Waals surface area contributed by atoms with Gasteiger partial charge in [0.05, 0.1) is 0 Å². The van der Waals surface area contributed by atoms with Crippen molar-refractivity contribution < 1.29 is 9.90 Å². The highest BCUT2D eigenvalue weighted by Crippen LogP contribution is 2.04.